The van der Waals surface area contributed by atoms with E-state index < -0.39 is 0 Å². The minimum Gasteiger partial charge on any atom is -0.497 e. The maximum atomic E-state index is 12.4. The third-order valence-corrected chi connectivity index (χ3v) is 5.48. The Morgan fingerprint density at radius 2 is 2.00 bits per heavy atom. The molecule has 3 aromatic rings. The second kappa shape index (κ2) is 7.60. The molecule has 2 aliphatic rings. The highest BCUT2D eigenvalue weighted by Crippen LogP contribution is 2.36. The number of aromatic nitrogens is 2. The summed E-state index contributed by atoms with van der Waals surface area (Å²) < 4.78 is 15.9. The number of H-pyrrole nitrogens is 1. The van der Waals surface area contributed by atoms with Crippen LogP contribution in [0.3, 0.4) is 0 Å². The Hall–Kier alpha value is -3.72. The number of aromatic amines is 1. The van der Waals surface area contributed by atoms with Gasteiger partial charge in [0.15, 0.2) is 16.7 Å². The average molecular weight is 420 g/mol. The third kappa shape index (κ3) is 3.50. The van der Waals surface area contributed by atoms with Crippen molar-refractivity contribution in [2.75, 3.05) is 13.9 Å². The van der Waals surface area contributed by atoms with Gasteiger partial charge in [-0.3, -0.25) is 9.89 Å². The fourth-order valence-electron chi connectivity index (χ4n) is 3.09. The van der Waals surface area contributed by atoms with Crippen molar-refractivity contribution >= 4 is 34.6 Å². The molecule has 3 heterocycles. The molecule has 0 radical (unpaired) electrons. The maximum Gasteiger partial charge on any atom is 0.264 e. The number of aliphatic imine (C=N–C) groups is 1. The molecule has 0 atom stereocenters. The molecule has 1 amide bonds. The van der Waals surface area contributed by atoms with Gasteiger partial charge < -0.3 is 19.5 Å². The van der Waals surface area contributed by atoms with Crippen LogP contribution in [0, 0.1) is 0 Å². The molecule has 30 heavy (non-hydrogen) atoms. The number of nitrogens with one attached hydrogen (secondary N) is 2. The van der Waals surface area contributed by atoms with Crippen molar-refractivity contribution in [1.82, 2.24) is 15.5 Å². The highest BCUT2D eigenvalue weighted by molar-refractivity contribution is 8.18. The van der Waals surface area contributed by atoms with Crippen molar-refractivity contribution in [3.8, 4) is 28.5 Å². The summed E-state index contributed by atoms with van der Waals surface area (Å²) in [6.45, 7) is 0.203. The predicted molar refractivity (Wildman–Crippen MR) is 114 cm³/mol. The largest absolute Gasteiger partial charge is 0.497 e. The maximum absolute atomic E-state index is 12.4. The first-order valence-electron chi connectivity index (χ1n) is 9.06. The number of thioether (sulfide) groups is 1. The van der Waals surface area contributed by atoms with Crippen LogP contribution in [0.15, 0.2) is 58.6 Å². The normalized spacial score (nSPS) is 17.6. The first kappa shape index (κ1) is 18.3. The molecule has 2 aromatic carbocycles. The molecule has 8 nitrogen and oxygen atoms in total. The van der Waals surface area contributed by atoms with E-state index in [2.05, 4.69) is 20.5 Å². The molecule has 2 N–H and O–H groups in total. The van der Waals surface area contributed by atoms with Crippen LogP contribution in [0.1, 0.15) is 5.56 Å². The standard InChI is InChI=1S/C21H16N4O4S/c1-27-15-5-2-12(3-6-15)19-13(10-22-25-19)8-18-20(26)24-21(30-18)23-14-4-7-16-17(9-14)29-11-28-16/h2-10H,11H2,1H3,(H,22,25)(H,23,24,26)/b18-8-. The van der Waals surface area contributed by atoms with Gasteiger partial charge in [-0.25, -0.2) is 4.99 Å². The number of hydrogen-bond acceptors (Lipinski definition) is 7. The van der Waals surface area contributed by atoms with Gasteiger partial charge in [0.1, 0.15) is 5.75 Å². The van der Waals surface area contributed by atoms with E-state index in [0.29, 0.717) is 27.3 Å². The topological polar surface area (TPSA) is 97.8 Å². The number of ether oxygens (including phenoxy) is 3. The van der Waals surface area contributed by atoms with E-state index in [-0.39, 0.29) is 12.7 Å². The molecular formula is C21H16N4O4S. The Morgan fingerprint density at radius 1 is 1.17 bits per heavy atom. The fourth-order valence-corrected chi connectivity index (χ4v) is 3.92. The molecule has 1 saturated heterocycles. The summed E-state index contributed by atoms with van der Waals surface area (Å²) in [5, 5.41) is 10.4. The van der Waals surface area contributed by atoms with E-state index in [1.54, 1.807) is 31.5 Å². The number of carbonyl (C=O) groups excluding carboxylic acids is 1. The summed E-state index contributed by atoms with van der Waals surface area (Å²) in [5.41, 5.74) is 3.24. The highest BCUT2D eigenvalue weighted by Gasteiger charge is 2.25. The molecule has 150 valence electrons. The van der Waals surface area contributed by atoms with E-state index in [9.17, 15) is 4.79 Å². The summed E-state index contributed by atoms with van der Waals surface area (Å²) in [7, 11) is 1.62. The SMILES string of the molecule is COc1ccc(-c2[nH]ncc2/C=C2\SC(=Nc3ccc4c(c3)OCO4)NC2=O)cc1. The number of nitrogens with zero attached hydrogens (tertiary/aromatic N) is 2. The lowest BCUT2D eigenvalue weighted by Gasteiger charge is -2.03. The molecule has 1 fully saturated rings. The molecule has 0 aliphatic carbocycles. The molecule has 0 saturated carbocycles. The Balaban J connectivity index is 1.39. The van der Waals surface area contributed by atoms with Crippen molar-refractivity contribution in [3.05, 3.63) is 59.1 Å². The number of amidine groups is 1. The monoisotopic (exact) mass is 420 g/mol. The summed E-state index contributed by atoms with van der Waals surface area (Å²) in [6, 6.07) is 13.0. The van der Waals surface area contributed by atoms with Gasteiger partial charge in [0.25, 0.3) is 5.91 Å². The predicted octanol–water partition coefficient (Wildman–Crippen LogP) is 3.71. The molecular weight excluding hydrogens is 404 g/mol. The number of benzene rings is 2. The zero-order valence-corrected chi connectivity index (χ0v) is 16.7. The summed E-state index contributed by atoms with van der Waals surface area (Å²) >= 11 is 1.27. The average Bonchev–Trinajstić information content (AvgIpc) is 3.49. The van der Waals surface area contributed by atoms with E-state index in [1.165, 1.54) is 11.8 Å². The minimum atomic E-state index is -0.207. The summed E-state index contributed by atoms with van der Waals surface area (Å²) in [6.07, 6.45) is 3.48. The van der Waals surface area contributed by atoms with Crippen LogP contribution in [0.25, 0.3) is 17.3 Å². The van der Waals surface area contributed by atoms with Gasteiger partial charge in [0.2, 0.25) is 6.79 Å². The molecule has 0 unspecified atom stereocenters. The molecule has 5 rings (SSSR count). The van der Waals surface area contributed by atoms with Crippen molar-refractivity contribution < 1.29 is 19.0 Å². The lowest BCUT2D eigenvalue weighted by atomic mass is 10.1. The van der Waals surface area contributed by atoms with Crippen LogP contribution in [0.4, 0.5) is 5.69 Å². The van der Waals surface area contributed by atoms with Crippen molar-refractivity contribution in [2.45, 2.75) is 0 Å². The van der Waals surface area contributed by atoms with Crippen LogP contribution in [0.5, 0.6) is 17.2 Å². The molecule has 1 aromatic heterocycles. The van der Waals surface area contributed by atoms with Crippen molar-refractivity contribution in [2.24, 2.45) is 4.99 Å². The lowest BCUT2D eigenvalue weighted by Crippen LogP contribution is -2.19. The number of carbonyl (C=O) groups is 1. The van der Waals surface area contributed by atoms with E-state index >= 15 is 0 Å². The highest BCUT2D eigenvalue weighted by atomic mass is 32.2. The molecule has 0 bridgehead atoms. The van der Waals surface area contributed by atoms with E-state index in [4.69, 9.17) is 14.2 Å². The summed E-state index contributed by atoms with van der Waals surface area (Å²) in [5.74, 6) is 1.90. The number of methoxy groups -OCH3 is 1. The Bertz CT molecular complexity index is 1180. The molecule has 0 spiro atoms. The van der Waals surface area contributed by atoms with E-state index in [1.807, 2.05) is 30.3 Å². The van der Waals surface area contributed by atoms with Crippen LogP contribution in [-0.4, -0.2) is 35.2 Å². The fraction of sp³-hybridized carbons (Fsp3) is 0.0952. The number of amides is 1. The van der Waals surface area contributed by atoms with Crippen LogP contribution in [0.2, 0.25) is 0 Å². The summed E-state index contributed by atoms with van der Waals surface area (Å²) in [4.78, 5) is 17.5. The van der Waals surface area contributed by atoms with Crippen LogP contribution < -0.4 is 19.5 Å². The second-order valence-electron chi connectivity index (χ2n) is 6.45. The van der Waals surface area contributed by atoms with Gasteiger partial charge in [0.05, 0.1) is 29.6 Å². The first-order chi connectivity index (χ1) is 14.7. The second-order valence-corrected chi connectivity index (χ2v) is 7.48. The van der Waals surface area contributed by atoms with Gasteiger partial charge >= 0.3 is 0 Å². The zero-order valence-electron chi connectivity index (χ0n) is 15.8. The zero-order chi connectivity index (χ0) is 20.5. The first-order valence-corrected chi connectivity index (χ1v) is 9.88. The van der Waals surface area contributed by atoms with Crippen molar-refractivity contribution in [3.63, 3.8) is 0 Å². The number of hydrogen-bond donors (Lipinski definition) is 2. The van der Waals surface area contributed by atoms with Crippen LogP contribution in [-0.2, 0) is 4.79 Å². The van der Waals surface area contributed by atoms with Crippen molar-refractivity contribution in [1.29, 1.82) is 0 Å². The van der Waals surface area contributed by atoms with E-state index in [0.717, 1.165) is 22.6 Å². The van der Waals surface area contributed by atoms with Crippen LogP contribution >= 0.6 is 11.8 Å². The minimum absolute atomic E-state index is 0.203. The van der Waals surface area contributed by atoms with Gasteiger partial charge in [0, 0.05) is 17.2 Å². The number of fused-ring (bicyclic) bond motifs is 1. The van der Waals surface area contributed by atoms with Gasteiger partial charge in [-0.1, -0.05) is 0 Å². The number of rotatable bonds is 4. The smallest absolute Gasteiger partial charge is 0.264 e. The lowest BCUT2D eigenvalue weighted by molar-refractivity contribution is -0.115. The quantitative estimate of drug-likeness (QED) is 0.625. The van der Waals surface area contributed by atoms with Gasteiger partial charge in [-0.05, 0) is 54.2 Å². The Morgan fingerprint density at radius 3 is 2.83 bits per heavy atom. The molecule has 2 aliphatic heterocycles. The Labute approximate surface area is 176 Å². The molecule has 9 heteroatoms. The van der Waals surface area contributed by atoms with Gasteiger partial charge in [-0.15, -0.1) is 0 Å². The van der Waals surface area contributed by atoms with Gasteiger partial charge in [-0.2, -0.15) is 5.10 Å². The third-order valence-electron chi connectivity index (χ3n) is 4.57. The Kier molecular flexibility index (Phi) is 4.64.